The molecule has 3 nitrogen and oxygen atoms in total. The largest absolute Gasteiger partial charge is 0.381 e. The fraction of sp³-hybridized carbons (Fsp3) is 0.133. The first-order chi connectivity index (χ1) is 9.95. The van der Waals surface area contributed by atoms with Crippen LogP contribution in [0.15, 0.2) is 40.9 Å². The van der Waals surface area contributed by atoms with E-state index in [-0.39, 0.29) is 11.7 Å². The van der Waals surface area contributed by atoms with Crippen molar-refractivity contribution >= 4 is 44.8 Å². The second-order valence-corrected chi connectivity index (χ2v) is 5.74. The van der Waals surface area contributed by atoms with Gasteiger partial charge in [0.2, 0.25) is 5.91 Å². The van der Waals surface area contributed by atoms with Crippen molar-refractivity contribution in [3.63, 3.8) is 0 Å². The summed E-state index contributed by atoms with van der Waals surface area (Å²) in [6, 6.07) is 10.1. The van der Waals surface area contributed by atoms with E-state index in [2.05, 4.69) is 26.6 Å². The van der Waals surface area contributed by atoms with Gasteiger partial charge < -0.3 is 10.6 Å². The Labute approximate surface area is 135 Å². The average Bonchev–Trinajstić information content (AvgIpc) is 2.42. The van der Waals surface area contributed by atoms with Gasteiger partial charge in [-0.3, -0.25) is 4.79 Å². The summed E-state index contributed by atoms with van der Waals surface area (Å²) in [7, 11) is 0. The van der Waals surface area contributed by atoms with Crippen LogP contribution in [0.4, 0.5) is 15.8 Å². The number of hydrogen-bond donors (Lipinski definition) is 2. The Balaban J connectivity index is 2.04. The summed E-state index contributed by atoms with van der Waals surface area (Å²) in [5.74, 6) is -0.463. The monoisotopic (exact) mass is 370 g/mol. The zero-order chi connectivity index (χ0) is 15.4. The topological polar surface area (TPSA) is 41.1 Å². The standard InChI is InChI=1S/C15H13BrClFN2O/c1-9(21)20-15-5-3-11(7-13(15)17)19-8-10-2-4-14(18)12(16)6-10/h2-7,19H,8H2,1H3,(H,20,21). The van der Waals surface area contributed by atoms with Crippen molar-refractivity contribution in [3.05, 3.63) is 57.3 Å². The number of hydrogen-bond acceptors (Lipinski definition) is 2. The molecule has 2 rings (SSSR count). The van der Waals surface area contributed by atoms with Crippen LogP contribution in [0.5, 0.6) is 0 Å². The molecule has 0 aliphatic heterocycles. The minimum absolute atomic E-state index is 0.172. The van der Waals surface area contributed by atoms with E-state index in [1.807, 2.05) is 6.07 Å². The summed E-state index contributed by atoms with van der Waals surface area (Å²) < 4.78 is 13.6. The molecule has 110 valence electrons. The van der Waals surface area contributed by atoms with Crippen molar-refractivity contribution in [2.45, 2.75) is 13.5 Å². The number of carbonyl (C=O) groups is 1. The molecule has 21 heavy (non-hydrogen) atoms. The Hall–Kier alpha value is -1.59. The molecule has 2 N–H and O–H groups in total. The molecule has 2 aromatic carbocycles. The van der Waals surface area contributed by atoms with Gasteiger partial charge >= 0.3 is 0 Å². The van der Waals surface area contributed by atoms with Crippen LogP contribution in [0.1, 0.15) is 12.5 Å². The number of carbonyl (C=O) groups excluding carboxylic acids is 1. The first-order valence-corrected chi connectivity index (χ1v) is 7.38. The lowest BCUT2D eigenvalue weighted by Crippen LogP contribution is -2.06. The van der Waals surface area contributed by atoms with Crippen molar-refractivity contribution in [2.75, 3.05) is 10.6 Å². The fourth-order valence-corrected chi connectivity index (χ4v) is 2.42. The first-order valence-electron chi connectivity index (χ1n) is 6.20. The number of nitrogens with one attached hydrogen (secondary N) is 2. The third-order valence-electron chi connectivity index (χ3n) is 2.76. The molecule has 0 heterocycles. The number of rotatable bonds is 4. The van der Waals surface area contributed by atoms with Gasteiger partial charge in [0.05, 0.1) is 15.2 Å². The molecule has 0 fully saturated rings. The zero-order valence-electron chi connectivity index (χ0n) is 11.2. The molecule has 0 aromatic heterocycles. The van der Waals surface area contributed by atoms with Crippen LogP contribution in [0, 0.1) is 5.82 Å². The van der Waals surface area contributed by atoms with E-state index in [1.165, 1.54) is 13.0 Å². The molecule has 0 unspecified atom stereocenters. The molecule has 0 saturated heterocycles. The van der Waals surface area contributed by atoms with Gasteiger partial charge in [-0.2, -0.15) is 0 Å². The fourth-order valence-electron chi connectivity index (χ4n) is 1.77. The minimum atomic E-state index is -0.290. The van der Waals surface area contributed by atoms with E-state index < -0.39 is 0 Å². The second-order valence-electron chi connectivity index (χ2n) is 4.48. The highest BCUT2D eigenvalue weighted by atomic mass is 79.9. The molecule has 6 heteroatoms. The molecule has 0 aliphatic carbocycles. The van der Waals surface area contributed by atoms with Crippen molar-refractivity contribution in [3.8, 4) is 0 Å². The first kappa shape index (κ1) is 15.8. The van der Waals surface area contributed by atoms with Gasteiger partial charge in [-0.25, -0.2) is 4.39 Å². The highest BCUT2D eigenvalue weighted by molar-refractivity contribution is 9.10. The van der Waals surface area contributed by atoms with E-state index >= 15 is 0 Å². The molecule has 0 saturated carbocycles. The Bertz CT molecular complexity index is 679. The Kier molecular flexibility index (Phi) is 5.20. The molecule has 1 amide bonds. The summed E-state index contributed by atoms with van der Waals surface area (Å²) in [5, 5.41) is 6.28. The number of amides is 1. The minimum Gasteiger partial charge on any atom is -0.381 e. The molecule has 0 atom stereocenters. The van der Waals surface area contributed by atoms with Crippen LogP contribution in [-0.2, 0) is 11.3 Å². The third kappa shape index (κ3) is 4.44. The van der Waals surface area contributed by atoms with E-state index in [9.17, 15) is 9.18 Å². The molecule has 0 aliphatic rings. The third-order valence-corrected chi connectivity index (χ3v) is 3.68. The molecular weight excluding hydrogens is 359 g/mol. The normalized spacial score (nSPS) is 10.3. The highest BCUT2D eigenvalue weighted by Crippen LogP contribution is 2.26. The van der Waals surface area contributed by atoms with Crippen molar-refractivity contribution in [1.82, 2.24) is 0 Å². The lowest BCUT2D eigenvalue weighted by atomic mass is 10.2. The predicted molar refractivity (Wildman–Crippen MR) is 87.2 cm³/mol. The van der Waals surface area contributed by atoms with Crippen molar-refractivity contribution < 1.29 is 9.18 Å². The summed E-state index contributed by atoms with van der Waals surface area (Å²) in [5.41, 5.74) is 2.32. The maximum atomic E-state index is 13.1. The maximum absolute atomic E-state index is 13.1. The van der Waals surface area contributed by atoms with Crippen LogP contribution < -0.4 is 10.6 Å². The van der Waals surface area contributed by atoms with Gasteiger partial charge in [0.25, 0.3) is 0 Å². The Morgan fingerprint density at radius 2 is 2.05 bits per heavy atom. The molecule has 0 bridgehead atoms. The van der Waals surface area contributed by atoms with E-state index in [0.717, 1.165) is 11.3 Å². The molecule has 0 radical (unpaired) electrons. The van der Waals surface area contributed by atoms with Crippen molar-refractivity contribution in [2.24, 2.45) is 0 Å². The van der Waals surface area contributed by atoms with E-state index in [1.54, 1.807) is 24.3 Å². The summed E-state index contributed by atoms with van der Waals surface area (Å²) >= 11 is 9.24. The average molecular weight is 372 g/mol. The summed E-state index contributed by atoms with van der Waals surface area (Å²) in [6.45, 7) is 1.96. The van der Waals surface area contributed by atoms with Crippen LogP contribution in [0.25, 0.3) is 0 Å². The van der Waals surface area contributed by atoms with Crippen LogP contribution >= 0.6 is 27.5 Å². The summed E-state index contributed by atoms with van der Waals surface area (Å²) in [6.07, 6.45) is 0. The lowest BCUT2D eigenvalue weighted by Gasteiger charge is -2.10. The van der Waals surface area contributed by atoms with E-state index in [0.29, 0.717) is 21.7 Å². The Morgan fingerprint density at radius 1 is 1.29 bits per heavy atom. The predicted octanol–water partition coefficient (Wildman–Crippen LogP) is 4.81. The quantitative estimate of drug-likeness (QED) is 0.809. The maximum Gasteiger partial charge on any atom is 0.221 e. The van der Waals surface area contributed by atoms with Gasteiger partial charge in [-0.15, -0.1) is 0 Å². The number of anilines is 2. The van der Waals surface area contributed by atoms with Crippen LogP contribution in [-0.4, -0.2) is 5.91 Å². The lowest BCUT2D eigenvalue weighted by molar-refractivity contribution is -0.114. The molecule has 0 spiro atoms. The van der Waals surface area contributed by atoms with Crippen molar-refractivity contribution in [1.29, 1.82) is 0 Å². The Morgan fingerprint density at radius 3 is 2.67 bits per heavy atom. The van der Waals surface area contributed by atoms with Gasteiger partial charge in [-0.05, 0) is 51.8 Å². The van der Waals surface area contributed by atoms with Gasteiger partial charge in [-0.1, -0.05) is 17.7 Å². The van der Waals surface area contributed by atoms with E-state index in [4.69, 9.17) is 11.6 Å². The van der Waals surface area contributed by atoms with Crippen LogP contribution in [0.3, 0.4) is 0 Å². The van der Waals surface area contributed by atoms with Gasteiger partial charge in [0.1, 0.15) is 5.82 Å². The van der Waals surface area contributed by atoms with Gasteiger partial charge in [0, 0.05) is 19.2 Å². The van der Waals surface area contributed by atoms with Gasteiger partial charge in [0.15, 0.2) is 0 Å². The summed E-state index contributed by atoms with van der Waals surface area (Å²) in [4.78, 5) is 11.0. The highest BCUT2D eigenvalue weighted by Gasteiger charge is 2.04. The second kappa shape index (κ2) is 6.91. The number of halogens is 3. The molecule has 2 aromatic rings. The van der Waals surface area contributed by atoms with Crippen LogP contribution in [0.2, 0.25) is 5.02 Å². The zero-order valence-corrected chi connectivity index (χ0v) is 13.6. The number of benzene rings is 2. The SMILES string of the molecule is CC(=O)Nc1ccc(NCc2ccc(F)c(Br)c2)cc1Cl. The molecular formula is C15H13BrClFN2O. The smallest absolute Gasteiger partial charge is 0.221 e.